The van der Waals surface area contributed by atoms with Crippen molar-refractivity contribution in [2.75, 3.05) is 25.4 Å². The van der Waals surface area contributed by atoms with Crippen LogP contribution in [-0.2, 0) is 0 Å². The first-order valence-corrected chi connectivity index (χ1v) is 8.96. The van der Waals surface area contributed by atoms with Crippen LogP contribution in [0.5, 0.6) is 0 Å². The van der Waals surface area contributed by atoms with Crippen LogP contribution in [0, 0.1) is 0 Å². The molecular weight excluding hydrogens is 254 g/mol. The molecule has 2 aliphatic heterocycles. The molecule has 1 unspecified atom stereocenters. The van der Waals surface area contributed by atoms with Gasteiger partial charge in [0.25, 0.3) is 0 Å². The number of rotatable bonds is 3. The fourth-order valence-electron chi connectivity index (χ4n) is 3.60. The van der Waals surface area contributed by atoms with Crippen LogP contribution in [0.4, 0.5) is 0 Å². The molecule has 1 aliphatic carbocycles. The van der Waals surface area contributed by atoms with E-state index in [1.54, 1.807) is 0 Å². The van der Waals surface area contributed by atoms with Crippen molar-refractivity contribution in [3.8, 4) is 0 Å². The van der Waals surface area contributed by atoms with Gasteiger partial charge in [0, 0.05) is 17.3 Å². The van der Waals surface area contributed by atoms with E-state index in [1.165, 1.54) is 69.0 Å². The SMILES string of the molecule is CC(CN=C1NC2(CCCCC2)CS1)N1CCCC1. The zero-order valence-corrected chi connectivity index (χ0v) is 13.0. The van der Waals surface area contributed by atoms with Gasteiger partial charge in [-0.15, -0.1) is 0 Å². The second-order valence-corrected chi connectivity index (χ2v) is 7.46. The highest BCUT2D eigenvalue weighted by Gasteiger charge is 2.38. The van der Waals surface area contributed by atoms with Gasteiger partial charge in [0.15, 0.2) is 5.17 Å². The van der Waals surface area contributed by atoms with Crippen LogP contribution < -0.4 is 5.32 Å². The summed E-state index contributed by atoms with van der Waals surface area (Å²) in [6.07, 6.45) is 9.65. The maximum absolute atomic E-state index is 4.84. The molecule has 3 nitrogen and oxygen atoms in total. The van der Waals surface area contributed by atoms with E-state index < -0.39 is 0 Å². The maximum Gasteiger partial charge on any atom is 0.157 e. The van der Waals surface area contributed by atoms with Gasteiger partial charge in [0.2, 0.25) is 0 Å². The molecule has 1 atom stereocenters. The highest BCUT2D eigenvalue weighted by Crippen LogP contribution is 2.36. The summed E-state index contributed by atoms with van der Waals surface area (Å²) in [6, 6.07) is 0.611. The third-order valence-corrected chi connectivity index (χ3v) is 6.13. The lowest BCUT2D eigenvalue weighted by Gasteiger charge is -2.32. The summed E-state index contributed by atoms with van der Waals surface area (Å²) in [5, 5.41) is 4.96. The molecule has 19 heavy (non-hydrogen) atoms. The minimum absolute atomic E-state index is 0.401. The van der Waals surface area contributed by atoms with Crippen molar-refractivity contribution >= 4 is 16.9 Å². The summed E-state index contributed by atoms with van der Waals surface area (Å²) in [5.41, 5.74) is 0.401. The summed E-state index contributed by atoms with van der Waals surface area (Å²) in [4.78, 5) is 7.43. The molecule has 0 aromatic heterocycles. The van der Waals surface area contributed by atoms with Gasteiger partial charge >= 0.3 is 0 Å². The zero-order valence-electron chi connectivity index (χ0n) is 12.2. The Bertz CT molecular complexity index is 330. The minimum atomic E-state index is 0.401. The third kappa shape index (κ3) is 3.27. The van der Waals surface area contributed by atoms with Crippen molar-refractivity contribution in [1.29, 1.82) is 0 Å². The Balaban J connectivity index is 1.51. The van der Waals surface area contributed by atoms with Gasteiger partial charge in [-0.25, -0.2) is 0 Å². The number of hydrogen-bond donors (Lipinski definition) is 1. The fraction of sp³-hybridized carbons (Fsp3) is 0.933. The lowest BCUT2D eigenvalue weighted by Crippen LogP contribution is -2.45. The monoisotopic (exact) mass is 281 g/mol. The number of aliphatic imine (C=N–C) groups is 1. The van der Waals surface area contributed by atoms with E-state index in [-0.39, 0.29) is 0 Å². The van der Waals surface area contributed by atoms with Crippen LogP contribution in [0.25, 0.3) is 0 Å². The first kappa shape index (κ1) is 13.7. The van der Waals surface area contributed by atoms with Crippen LogP contribution in [0.15, 0.2) is 4.99 Å². The van der Waals surface area contributed by atoms with Crippen LogP contribution in [0.1, 0.15) is 51.9 Å². The highest BCUT2D eigenvalue weighted by molar-refractivity contribution is 8.14. The van der Waals surface area contributed by atoms with E-state index >= 15 is 0 Å². The number of amidine groups is 1. The molecule has 1 N–H and O–H groups in total. The third-order valence-electron chi connectivity index (χ3n) is 4.93. The smallest absolute Gasteiger partial charge is 0.157 e. The molecular formula is C15H27N3S. The standard InChI is InChI=1S/C15H27N3S/c1-13(18-9-5-6-10-18)11-16-14-17-15(12-19-14)7-3-2-4-8-15/h13H,2-12H2,1H3,(H,16,17). The molecule has 108 valence electrons. The van der Waals surface area contributed by atoms with Gasteiger partial charge in [0.05, 0.1) is 6.54 Å². The number of likely N-dealkylation sites (tertiary alicyclic amines) is 1. The zero-order chi connectivity index (χ0) is 13.1. The Morgan fingerprint density at radius 2 is 1.95 bits per heavy atom. The van der Waals surface area contributed by atoms with Crippen molar-refractivity contribution in [2.24, 2.45) is 4.99 Å². The summed E-state index contributed by atoms with van der Waals surface area (Å²) in [7, 11) is 0. The fourth-order valence-corrected chi connectivity index (χ4v) is 4.83. The van der Waals surface area contributed by atoms with Crippen LogP contribution in [0.3, 0.4) is 0 Å². The lowest BCUT2D eigenvalue weighted by molar-refractivity contribution is 0.264. The Labute approximate surface area is 121 Å². The average Bonchev–Trinajstić information content (AvgIpc) is 3.08. The normalized spacial score (nSPS) is 30.9. The number of hydrogen-bond acceptors (Lipinski definition) is 3. The van der Waals surface area contributed by atoms with Crippen molar-refractivity contribution < 1.29 is 0 Å². The molecule has 1 saturated carbocycles. The quantitative estimate of drug-likeness (QED) is 0.862. The Kier molecular flexibility index (Phi) is 4.37. The summed E-state index contributed by atoms with van der Waals surface area (Å²) in [6.45, 7) is 5.84. The predicted octanol–water partition coefficient (Wildman–Crippen LogP) is 2.87. The molecule has 1 spiro atoms. The molecule has 2 saturated heterocycles. The maximum atomic E-state index is 4.84. The van der Waals surface area contributed by atoms with E-state index in [4.69, 9.17) is 4.99 Å². The second kappa shape index (κ2) is 6.04. The first-order chi connectivity index (χ1) is 9.27. The van der Waals surface area contributed by atoms with Crippen LogP contribution in [0.2, 0.25) is 0 Å². The molecule has 3 aliphatic rings. The van der Waals surface area contributed by atoms with Gasteiger partial charge in [-0.3, -0.25) is 9.89 Å². The first-order valence-electron chi connectivity index (χ1n) is 7.97. The van der Waals surface area contributed by atoms with Crippen molar-refractivity contribution in [1.82, 2.24) is 10.2 Å². The predicted molar refractivity (Wildman–Crippen MR) is 84.0 cm³/mol. The number of nitrogens with one attached hydrogen (secondary N) is 1. The minimum Gasteiger partial charge on any atom is -0.359 e. The van der Waals surface area contributed by atoms with Crippen molar-refractivity contribution in [3.63, 3.8) is 0 Å². The molecule has 2 heterocycles. The Morgan fingerprint density at radius 1 is 1.21 bits per heavy atom. The van der Waals surface area contributed by atoms with E-state index in [9.17, 15) is 0 Å². The molecule has 3 rings (SSSR count). The van der Waals surface area contributed by atoms with Gasteiger partial charge in [-0.05, 0) is 45.7 Å². The van der Waals surface area contributed by atoms with Crippen molar-refractivity contribution in [3.05, 3.63) is 0 Å². The molecule has 0 radical (unpaired) electrons. The van der Waals surface area contributed by atoms with Gasteiger partial charge < -0.3 is 5.32 Å². The van der Waals surface area contributed by atoms with Crippen LogP contribution in [-0.4, -0.2) is 47.0 Å². The van der Waals surface area contributed by atoms with E-state index in [0.717, 1.165) is 6.54 Å². The average molecular weight is 281 g/mol. The summed E-state index contributed by atoms with van der Waals surface area (Å²) >= 11 is 1.95. The molecule has 0 aromatic rings. The number of nitrogens with zero attached hydrogens (tertiary/aromatic N) is 2. The molecule has 3 fully saturated rings. The largest absolute Gasteiger partial charge is 0.359 e. The van der Waals surface area contributed by atoms with Crippen LogP contribution >= 0.6 is 11.8 Å². The second-order valence-electron chi connectivity index (χ2n) is 6.49. The van der Waals surface area contributed by atoms with Gasteiger partial charge in [0.1, 0.15) is 0 Å². The van der Waals surface area contributed by atoms with E-state index in [1.807, 2.05) is 11.8 Å². The Morgan fingerprint density at radius 3 is 2.68 bits per heavy atom. The lowest BCUT2D eigenvalue weighted by atomic mass is 9.83. The number of thioether (sulfide) groups is 1. The Hall–Kier alpha value is -0.220. The topological polar surface area (TPSA) is 27.6 Å². The molecule has 0 bridgehead atoms. The summed E-state index contributed by atoms with van der Waals surface area (Å²) in [5.74, 6) is 1.24. The molecule has 0 aromatic carbocycles. The van der Waals surface area contributed by atoms with Crippen molar-refractivity contribution in [2.45, 2.75) is 63.5 Å². The van der Waals surface area contributed by atoms with E-state index in [2.05, 4.69) is 17.1 Å². The summed E-state index contributed by atoms with van der Waals surface area (Å²) < 4.78 is 0. The van der Waals surface area contributed by atoms with Gasteiger partial charge in [-0.2, -0.15) is 0 Å². The molecule has 4 heteroatoms. The van der Waals surface area contributed by atoms with E-state index in [0.29, 0.717) is 11.6 Å². The van der Waals surface area contributed by atoms with Gasteiger partial charge in [-0.1, -0.05) is 31.0 Å². The highest BCUT2D eigenvalue weighted by atomic mass is 32.2. The molecule has 0 amide bonds.